The van der Waals surface area contributed by atoms with Crippen LogP contribution in [0.3, 0.4) is 0 Å². The molecule has 0 aliphatic heterocycles. The summed E-state index contributed by atoms with van der Waals surface area (Å²) in [5.74, 6) is 0. The van der Waals surface area contributed by atoms with E-state index in [1.54, 1.807) is 0 Å². The van der Waals surface area contributed by atoms with Gasteiger partial charge in [0.2, 0.25) is 0 Å². The first-order valence-corrected chi connectivity index (χ1v) is 4.02. The predicted octanol–water partition coefficient (Wildman–Crippen LogP) is 1.99. The van der Waals surface area contributed by atoms with Gasteiger partial charge in [0.15, 0.2) is 0 Å². The van der Waals surface area contributed by atoms with Gasteiger partial charge in [-0.3, -0.25) is 0 Å². The highest BCUT2D eigenvalue weighted by Crippen LogP contribution is 2.14. The maximum Gasteiger partial charge on any atom is -0.0449 e. The van der Waals surface area contributed by atoms with Crippen molar-refractivity contribution in [3.8, 4) is 0 Å². The molecule has 0 nitrogen and oxygen atoms in total. The van der Waals surface area contributed by atoms with Crippen molar-refractivity contribution in [2.75, 3.05) is 20.0 Å². The molecular formula is C4H13P. The van der Waals surface area contributed by atoms with Gasteiger partial charge < -0.3 is 0 Å². The Kier molecular flexibility index (Phi) is 8.03. The van der Waals surface area contributed by atoms with Crippen LogP contribution in [0.1, 0.15) is 7.43 Å². The third kappa shape index (κ3) is 141. The molecule has 0 N–H and O–H groups in total. The summed E-state index contributed by atoms with van der Waals surface area (Å²) in [6.45, 7) is 6.69. The quantitative estimate of drug-likeness (QED) is 0.401. The average Bonchev–Trinajstić information content (AvgIpc) is 0.811. The second-order valence-electron chi connectivity index (χ2n) is 1.34. The van der Waals surface area contributed by atoms with Crippen molar-refractivity contribution in [1.29, 1.82) is 0 Å². The zero-order chi connectivity index (χ0) is 3.58. The van der Waals surface area contributed by atoms with Crippen LogP contribution in [0.15, 0.2) is 0 Å². The van der Waals surface area contributed by atoms with Crippen LogP contribution in [0.4, 0.5) is 0 Å². The van der Waals surface area contributed by atoms with Gasteiger partial charge in [-0.15, -0.1) is 7.92 Å². The third-order valence-corrected chi connectivity index (χ3v) is 0. The molecule has 34 valence electrons. The highest BCUT2D eigenvalue weighted by atomic mass is 31.1. The summed E-state index contributed by atoms with van der Waals surface area (Å²) < 4.78 is 0. The Balaban J connectivity index is 0. The van der Waals surface area contributed by atoms with E-state index < -0.39 is 0 Å². The monoisotopic (exact) mass is 92.1 g/mol. The minimum Gasteiger partial charge on any atom is -0.116 e. The molecule has 0 aliphatic rings. The van der Waals surface area contributed by atoms with Gasteiger partial charge in [0.05, 0.1) is 0 Å². The number of rotatable bonds is 0. The lowest BCUT2D eigenvalue weighted by Gasteiger charge is -1.81. The van der Waals surface area contributed by atoms with Crippen LogP contribution in [0, 0.1) is 0 Å². The molecular weight excluding hydrogens is 79.0 g/mol. The van der Waals surface area contributed by atoms with Gasteiger partial charge in [-0.05, 0) is 20.0 Å². The Morgan fingerprint density at radius 3 is 1.00 bits per heavy atom. The van der Waals surface area contributed by atoms with E-state index in [1.807, 2.05) is 0 Å². The van der Waals surface area contributed by atoms with Gasteiger partial charge in [-0.25, -0.2) is 0 Å². The van der Waals surface area contributed by atoms with Crippen molar-refractivity contribution in [2.45, 2.75) is 7.43 Å². The maximum atomic E-state index is 2.23. The predicted molar refractivity (Wildman–Crippen MR) is 31.4 cm³/mol. The van der Waals surface area contributed by atoms with E-state index in [2.05, 4.69) is 20.0 Å². The van der Waals surface area contributed by atoms with Crippen LogP contribution in [-0.2, 0) is 0 Å². The fraction of sp³-hybridized carbons (Fsp3) is 1.00. The lowest BCUT2D eigenvalue weighted by Crippen LogP contribution is -1.48. The molecule has 0 radical (unpaired) electrons. The summed E-state index contributed by atoms with van der Waals surface area (Å²) in [7, 11) is 0.380. The Labute approximate surface area is 36.3 Å². The summed E-state index contributed by atoms with van der Waals surface area (Å²) in [4.78, 5) is 0. The lowest BCUT2D eigenvalue weighted by atomic mass is 11.9. The van der Waals surface area contributed by atoms with Crippen LogP contribution < -0.4 is 0 Å². The van der Waals surface area contributed by atoms with E-state index in [0.29, 0.717) is 7.92 Å². The minimum absolute atomic E-state index is 0. The first kappa shape index (κ1) is 9.06. The topological polar surface area (TPSA) is 0 Å². The molecule has 0 atom stereocenters. The Hall–Kier alpha value is 0.430. The molecule has 0 heterocycles. The number of hydrogen-bond donors (Lipinski definition) is 0. The number of hydrogen-bond acceptors (Lipinski definition) is 0. The van der Waals surface area contributed by atoms with Crippen molar-refractivity contribution in [3.63, 3.8) is 0 Å². The summed E-state index contributed by atoms with van der Waals surface area (Å²) >= 11 is 0. The minimum atomic E-state index is 0. The van der Waals surface area contributed by atoms with E-state index in [4.69, 9.17) is 0 Å². The molecule has 0 rings (SSSR count). The van der Waals surface area contributed by atoms with Crippen LogP contribution in [0.5, 0.6) is 0 Å². The van der Waals surface area contributed by atoms with Crippen LogP contribution >= 0.6 is 7.92 Å². The van der Waals surface area contributed by atoms with E-state index in [-0.39, 0.29) is 7.43 Å². The fourth-order valence-electron chi connectivity index (χ4n) is 0. The highest BCUT2D eigenvalue weighted by molar-refractivity contribution is 7.55. The van der Waals surface area contributed by atoms with Gasteiger partial charge in [0.1, 0.15) is 0 Å². The van der Waals surface area contributed by atoms with E-state index in [9.17, 15) is 0 Å². The average molecular weight is 92.1 g/mol. The van der Waals surface area contributed by atoms with Crippen LogP contribution in [0.25, 0.3) is 0 Å². The summed E-state index contributed by atoms with van der Waals surface area (Å²) in [6.07, 6.45) is 0. The first-order valence-electron chi connectivity index (χ1n) is 1.34. The maximum absolute atomic E-state index is 2.23. The Morgan fingerprint density at radius 2 is 1.00 bits per heavy atom. The Bertz CT molecular complexity index is 8.36. The van der Waals surface area contributed by atoms with E-state index >= 15 is 0 Å². The highest BCUT2D eigenvalue weighted by Gasteiger charge is 1.65. The van der Waals surface area contributed by atoms with Crippen LogP contribution in [0.2, 0.25) is 0 Å². The van der Waals surface area contributed by atoms with Crippen molar-refractivity contribution in [3.05, 3.63) is 0 Å². The van der Waals surface area contributed by atoms with Gasteiger partial charge in [-0.2, -0.15) is 0 Å². The third-order valence-electron chi connectivity index (χ3n) is 0. The van der Waals surface area contributed by atoms with Crippen molar-refractivity contribution in [2.24, 2.45) is 0 Å². The molecule has 0 unspecified atom stereocenters. The molecule has 0 aliphatic carbocycles. The van der Waals surface area contributed by atoms with Gasteiger partial charge in [-0.1, -0.05) is 7.43 Å². The van der Waals surface area contributed by atoms with E-state index in [1.165, 1.54) is 0 Å². The molecule has 0 amide bonds. The lowest BCUT2D eigenvalue weighted by molar-refractivity contribution is 2.13. The zero-order valence-electron chi connectivity index (χ0n) is 3.45. The standard InChI is InChI=1S/C3H9P.CH4/c1-4(2)3;/h1-3H3;1H4. The summed E-state index contributed by atoms with van der Waals surface area (Å²) in [5, 5.41) is 0. The second kappa shape index (κ2) is 4.43. The molecule has 0 fully saturated rings. The van der Waals surface area contributed by atoms with Crippen molar-refractivity contribution in [1.82, 2.24) is 0 Å². The SMILES string of the molecule is C.CP(C)C. The molecule has 0 bridgehead atoms. The van der Waals surface area contributed by atoms with Gasteiger partial charge in [0, 0.05) is 0 Å². The summed E-state index contributed by atoms with van der Waals surface area (Å²) in [5.41, 5.74) is 0. The second-order valence-corrected chi connectivity index (χ2v) is 4.02. The van der Waals surface area contributed by atoms with Gasteiger partial charge >= 0.3 is 0 Å². The van der Waals surface area contributed by atoms with Crippen LogP contribution in [-0.4, -0.2) is 20.0 Å². The van der Waals surface area contributed by atoms with Crippen molar-refractivity contribution < 1.29 is 0 Å². The normalized spacial score (nSPS) is 7.20. The molecule has 5 heavy (non-hydrogen) atoms. The molecule has 1 heteroatoms. The molecule has 0 saturated heterocycles. The smallest absolute Gasteiger partial charge is 0.0449 e. The van der Waals surface area contributed by atoms with Gasteiger partial charge in [0.25, 0.3) is 0 Å². The molecule has 0 aromatic rings. The Morgan fingerprint density at radius 1 is 1.00 bits per heavy atom. The molecule has 0 aromatic carbocycles. The fourth-order valence-corrected chi connectivity index (χ4v) is 0. The molecule has 0 spiro atoms. The zero-order valence-corrected chi connectivity index (χ0v) is 4.34. The van der Waals surface area contributed by atoms with E-state index in [0.717, 1.165) is 0 Å². The van der Waals surface area contributed by atoms with Crippen molar-refractivity contribution >= 4 is 7.92 Å². The molecule has 0 aromatic heterocycles. The first-order chi connectivity index (χ1) is 1.73. The summed E-state index contributed by atoms with van der Waals surface area (Å²) in [6, 6.07) is 0. The molecule has 0 saturated carbocycles. The largest absolute Gasteiger partial charge is 0.116 e.